The van der Waals surface area contributed by atoms with Gasteiger partial charge in [-0.1, -0.05) is 6.07 Å². The molecule has 1 heterocycles. The number of nitrogens with zero attached hydrogens (tertiary/aromatic N) is 2. The minimum atomic E-state index is -0.552. The fraction of sp³-hybridized carbons (Fsp3) is 0.0714. The first-order valence-electron chi connectivity index (χ1n) is 5.90. The van der Waals surface area contributed by atoms with Gasteiger partial charge in [0.1, 0.15) is 17.2 Å². The molecule has 0 spiro atoms. The SMILES string of the molecule is Nc1nc2c(F)cccc2n1Cc1cc(F)ccc1F. The number of rotatable bonds is 2. The third kappa shape index (κ3) is 1.99. The molecule has 0 bridgehead atoms. The van der Waals surface area contributed by atoms with E-state index >= 15 is 0 Å². The molecular weight excluding hydrogens is 267 g/mol. The zero-order valence-electron chi connectivity index (χ0n) is 10.3. The molecule has 2 N–H and O–H groups in total. The van der Waals surface area contributed by atoms with Crippen molar-refractivity contribution in [3.63, 3.8) is 0 Å². The number of hydrogen-bond acceptors (Lipinski definition) is 2. The number of fused-ring (bicyclic) bond motifs is 1. The van der Waals surface area contributed by atoms with Gasteiger partial charge in [0.25, 0.3) is 0 Å². The zero-order chi connectivity index (χ0) is 14.3. The lowest BCUT2D eigenvalue weighted by atomic mass is 10.2. The van der Waals surface area contributed by atoms with E-state index in [-0.39, 0.29) is 23.6 Å². The summed E-state index contributed by atoms with van der Waals surface area (Å²) in [6, 6.07) is 7.56. The predicted octanol–water partition coefficient (Wildman–Crippen LogP) is 3.08. The van der Waals surface area contributed by atoms with Crippen LogP contribution in [0.3, 0.4) is 0 Å². The van der Waals surface area contributed by atoms with Crippen LogP contribution in [-0.2, 0) is 6.54 Å². The van der Waals surface area contributed by atoms with Crippen LogP contribution in [0.4, 0.5) is 19.1 Å². The van der Waals surface area contributed by atoms with E-state index in [0.717, 1.165) is 18.2 Å². The second kappa shape index (κ2) is 4.56. The quantitative estimate of drug-likeness (QED) is 0.782. The highest BCUT2D eigenvalue weighted by Crippen LogP contribution is 2.22. The molecule has 102 valence electrons. The van der Waals surface area contributed by atoms with Crippen molar-refractivity contribution in [2.45, 2.75) is 6.54 Å². The third-order valence-corrected chi connectivity index (χ3v) is 3.10. The van der Waals surface area contributed by atoms with Crippen LogP contribution in [-0.4, -0.2) is 9.55 Å². The standard InChI is InChI=1S/C14H10F3N3/c15-9-4-5-10(16)8(6-9)7-20-12-3-1-2-11(17)13(12)19-14(20)18/h1-6H,7H2,(H2,18,19). The highest BCUT2D eigenvalue weighted by molar-refractivity contribution is 5.79. The Morgan fingerprint density at radius 3 is 2.65 bits per heavy atom. The molecule has 0 fully saturated rings. The lowest BCUT2D eigenvalue weighted by molar-refractivity contribution is 0.579. The fourth-order valence-corrected chi connectivity index (χ4v) is 2.13. The number of nitrogens with two attached hydrogens (primary N) is 1. The van der Waals surface area contributed by atoms with Gasteiger partial charge in [-0.15, -0.1) is 0 Å². The number of halogens is 3. The van der Waals surface area contributed by atoms with Crippen molar-refractivity contribution in [3.05, 3.63) is 59.4 Å². The van der Waals surface area contributed by atoms with Gasteiger partial charge >= 0.3 is 0 Å². The Morgan fingerprint density at radius 1 is 1.05 bits per heavy atom. The van der Waals surface area contributed by atoms with Gasteiger partial charge in [0, 0.05) is 5.56 Å². The monoisotopic (exact) mass is 277 g/mol. The van der Waals surface area contributed by atoms with Gasteiger partial charge in [-0.3, -0.25) is 0 Å². The predicted molar refractivity (Wildman–Crippen MR) is 69.6 cm³/mol. The number of para-hydroxylation sites is 1. The Kier molecular flexibility index (Phi) is 2.85. The number of benzene rings is 2. The summed E-state index contributed by atoms with van der Waals surface area (Å²) in [4.78, 5) is 3.91. The van der Waals surface area contributed by atoms with E-state index in [2.05, 4.69) is 4.98 Å². The van der Waals surface area contributed by atoms with Crippen LogP contribution < -0.4 is 5.73 Å². The lowest BCUT2D eigenvalue weighted by Gasteiger charge is -2.08. The van der Waals surface area contributed by atoms with Crippen molar-refractivity contribution in [2.24, 2.45) is 0 Å². The maximum Gasteiger partial charge on any atom is 0.201 e. The van der Waals surface area contributed by atoms with Crippen LogP contribution in [0.15, 0.2) is 36.4 Å². The minimum absolute atomic E-state index is 0.0185. The first-order valence-corrected chi connectivity index (χ1v) is 5.90. The van der Waals surface area contributed by atoms with Crippen LogP contribution in [0, 0.1) is 17.5 Å². The van der Waals surface area contributed by atoms with Gasteiger partial charge in [0.05, 0.1) is 12.1 Å². The maximum absolute atomic E-state index is 13.7. The summed E-state index contributed by atoms with van der Waals surface area (Å²) in [7, 11) is 0. The molecule has 0 atom stereocenters. The van der Waals surface area contributed by atoms with E-state index in [1.807, 2.05) is 0 Å². The van der Waals surface area contributed by atoms with Crippen molar-refractivity contribution in [1.82, 2.24) is 9.55 Å². The summed E-state index contributed by atoms with van der Waals surface area (Å²) >= 11 is 0. The first kappa shape index (κ1) is 12.5. The van der Waals surface area contributed by atoms with E-state index in [0.29, 0.717) is 5.52 Å². The molecule has 0 radical (unpaired) electrons. The molecule has 1 aromatic heterocycles. The number of imidazole rings is 1. The topological polar surface area (TPSA) is 43.8 Å². The van der Waals surface area contributed by atoms with Crippen LogP contribution in [0.25, 0.3) is 11.0 Å². The molecule has 3 nitrogen and oxygen atoms in total. The summed E-state index contributed by atoms with van der Waals surface area (Å²) < 4.78 is 41.9. The van der Waals surface area contributed by atoms with Gasteiger partial charge in [0.15, 0.2) is 5.82 Å². The molecule has 0 saturated heterocycles. The molecule has 3 aromatic rings. The second-order valence-corrected chi connectivity index (χ2v) is 4.40. The molecule has 20 heavy (non-hydrogen) atoms. The van der Waals surface area contributed by atoms with Gasteiger partial charge in [-0.25, -0.2) is 18.2 Å². The molecule has 3 rings (SSSR count). The summed E-state index contributed by atoms with van der Waals surface area (Å²) in [5, 5.41) is 0. The van der Waals surface area contributed by atoms with E-state index < -0.39 is 17.5 Å². The Balaban J connectivity index is 2.13. The van der Waals surface area contributed by atoms with Gasteiger partial charge in [-0.05, 0) is 30.3 Å². The maximum atomic E-state index is 13.7. The zero-order valence-corrected chi connectivity index (χ0v) is 10.3. The Labute approximate surface area is 112 Å². The molecule has 0 saturated carbocycles. The molecule has 0 aliphatic carbocycles. The third-order valence-electron chi connectivity index (χ3n) is 3.10. The smallest absolute Gasteiger partial charge is 0.201 e. The van der Waals surface area contributed by atoms with Gasteiger partial charge < -0.3 is 10.3 Å². The molecule has 6 heteroatoms. The Hall–Kier alpha value is -2.50. The van der Waals surface area contributed by atoms with Crippen LogP contribution in [0.1, 0.15) is 5.56 Å². The van der Waals surface area contributed by atoms with E-state index in [1.54, 1.807) is 6.07 Å². The minimum Gasteiger partial charge on any atom is -0.369 e. The van der Waals surface area contributed by atoms with Crippen molar-refractivity contribution in [2.75, 3.05) is 5.73 Å². The average molecular weight is 277 g/mol. The van der Waals surface area contributed by atoms with Crippen molar-refractivity contribution >= 4 is 17.0 Å². The lowest BCUT2D eigenvalue weighted by Crippen LogP contribution is -2.06. The van der Waals surface area contributed by atoms with E-state index in [4.69, 9.17) is 5.73 Å². The number of hydrogen-bond donors (Lipinski definition) is 1. The van der Waals surface area contributed by atoms with Crippen molar-refractivity contribution < 1.29 is 13.2 Å². The summed E-state index contributed by atoms with van der Waals surface area (Å²) in [5.74, 6) is -1.55. The van der Waals surface area contributed by atoms with Crippen LogP contribution in [0.2, 0.25) is 0 Å². The highest BCUT2D eigenvalue weighted by atomic mass is 19.1. The Bertz CT molecular complexity index is 796. The van der Waals surface area contributed by atoms with Gasteiger partial charge in [0.2, 0.25) is 5.95 Å². The number of anilines is 1. The summed E-state index contributed by atoms with van der Waals surface area (Å²) in [5.41, 5.74) is 6.40. The van der Waals surface area contributed by atoms with E-state index in [1.165, 1.54) is 16.7 Å². The molecular formula is C14H10F3N3. The molecule has 0 amide bonds. The molecule has 0 aliphatic heterocycles. The second-order valence-electron chi connectivity index (χ2n) is 4.40. The first-order chi connectivity index (χ1) is 9.56. The molecule has 0 aliphatic rings. The average Bonchev–Trinajstić information content (AvgIpc) is 2.73. The van der Waals surface area contributed by atoms with Crippen molar-refractivity contribution in [1.29, 1.82) is 0 Å². The fourth-order valence-electron chi connectivity index (χ4n) is 2.13. The van der Waals surface area contributed by atoms with E-state index in [9.17, 15) is 13.2 Å². The van der Waals surface area contributed by atoms with Crippen molar-refractivity contribution in [3.8, 4) is 0 Å². The van der Waals surface area contributed by atoms with Crippen LogP contribution >= 0.6 is 0 Å². The highest BCUT2D eigenvalue weighted by Gasteiger charge is 2.13. The number of nitrogen functional groups attached to an aromatic ring is 1. The largest absolute Gasteiger partial charge is 0.369 e. The summed E-state index contributed by atoms with van der Waals surface area (Å²) in [6.07, 6.45) is 0. The molecule has 2 aromatic carbocycles. The normalized spacial score (nSPS) is 11.2. The summed E-state index contributed by atoms with van der Waals surface area (Å²) in [6.45, 7) is -0.0185. The Morgan fingerprint density at radius 2 is 1.85 bits per heavy atom. The number of aromatic nitrogens is 2. The molecule has 0 unspecified atom stereocenters. The van der Waals surface area contributed by atoms with Crippen LogP contribution in [0.5, 0.6) is 0 Å². The van der Waals surface area contributed by atoms with Gasteiger partial charge in [-0.2, -0.15) is 0 Å².